The number of aliphatic hydroxyl groups excluding tert-OH is 9. The van der Waals surface area contributed by atoms with Crippen LogP contribution in [0, 0.1) is 0 Å². The van der Waals surface area contributed by atoms with Crippen LogP contribution in [0.25, 0.3) is 20.9 Å². The first-order valence-corrected chi connectivity index (χ1v) is 25.5. The van der Waals surface area contributed by atoms with Gasteiger partial charge in [0.05, 0.1) is 57.4 Å². The summed E-state index contributed by atoms with van der Waals surface area (Å²) in [4.78, 5) is 116. The summed E-state index contributed by atoms with van der Waals surface area (Å²) in [6.07, 6.45) is -3.47. The van der Waals surface area contributed by atoms with E-state index in [1.165, 1.54) is 39.7 Å². The van der Waals surface area contributed by atoms with Crippen molar-refractivity contribution >= 4 is 5.91 Å². The number of hydrogen-bond donors (Lipinski definition) is 14. The number of aliphatic hydroxyl groups is 9. The van der Waals surface area contributed by atoms with Crippen molar-refractivity contribution in [2.45, 2.75) is 130 Å². The number of amides is 1. The summed E-state index contributed by atoms with van der Waals surface area (Å²) in [5.74, 6) is -0.241. The van der Waals surface area contributed by atoms with Gasteiger partial charge in [-0.1, -0.05) is 10.2 Å². The van der Waals surface area contributed by atoms with Crippen LogP contribution in [-0.4, -0.2) is 214 Å². The monoisotopic (exact) mass is 1210 g/mol. The molecule has 4 aromatic rings. The van der Waals surface area contributed by atoms with Gasteiger partial charge in [0.15, 0.2) is 12.5 Å². The lowest BCUT2D eigenvalue weighted by Gasteiger charge is -2.29. The van der Waals surface area contributed by atoms with Gasteiger partial charge in [-0.05, 0) is 23.9 Å². The third kappa shape index (κ3) is 15.0. The molecule has 0 aromatic carbocycles. The molecule has 6 fully saturated rings. The summed E-state index contributed by atoms with van der Waals surface area (Å²) in [5, 5.41) is 93.1. The summed E-state index contributed by atoms with van der Waals surface area (Å²) >= 11 is 0. The van der Waals surface area contributed by atoms with Crippen LogP contribution in [0.1, 0.15) is 44.2 Å². The van der Waals surface area contributed by atoms with Crippen LogP contribution < -0.4 is 50.3 Å². The van der Waals surface area contributed by atoms with Crippen LogP contribution in [0.5, 0.6) is 0 Å². The number of nitrogens with zero attached hydrogens (tertiary/aromatic N) is 11. The number of carbonyl (C=O) groups excluding carboxylic acids is 1. The van der Waals surface area contributed by atoms with Crippen LogP contribution in [-0.2, 0) is 33.2 Å². The fourth-order valence-electron chi connectivity index (χ4n) is 9.44. The molecule has 0 bridgehead atoms. The van der Waals surface area contributed by atoms with Gasteiger partial charge in [-0.15, -0.1) is 0 Å². The van der Waals surface area contributed by atoms with E-state index in [2.05, 4.69) is 35.3 Å². The Morgan fingerprint density at radius 1 is 0.506 bits per heavy atom. The summed E-state index contributed by atoms with van der Waals surface area (Å²) < 4.78 is 36.6. The third-order valence-electron chi connectivity index (χ3n) is 13.7. The second-order valence-corrected chi connectivity index (χ2v) is 19.0. The number of hydrogen-bond acceptors (Lipinski definition) is 27. The molecule has 6 saturated heterocycles. The lowest BCUT2D eigenvalue weighted by Crippen LogP contribution is -2.48. The molecule has 40 heteroatoms. The van der Waals surface area contributed by atoms with Crippen molar-refractivity contribution in [2.24, 2.45) is 10.2 Å². The summed E-state index contributed by atoms with van der Waals surface area (Å²) in [6, 6.07) is 3.04. The van der Waals surface area contributed by atoms with E-state index in [1.54, 1.807) is 11.1 Å². The molecule has 0 radical (unpaired) electrons. The van der Waals surface area contributed by atoms with Gasteiger partial charge < -0.3 is 84.6 Å². The molecule has 40 nitrogen and oxygen atoms in total. The van der Waals surface area contributed by atoms with Crippen LogP contribution in [0.15, 0.2) is 110 Å². The van der Waals surface area contributed by atoms with E-state index in [1.807, 2.05) is 9.97 Å². The molecular weight excluding hydrogens is 1150 g/mol. The zero-order valence-electron chi connectivity index (χ0n) is 43.9. The molecule has 11 heterocycles. The lowest BCUT2D eigenvalue weighted by atomic mass is 10.1. The van der Waals surface area contributed by atoms with E-state index in [4.69, 9.17) is 65.0 Å². The first kappa shape index (κ1) is 64.3. The van der Waals surface area contributed by atoms with E-state index in [-0.39, 0.29) is 44.5 Å². The highest BCUT2D eigenvalue weighted by Gasteiger charge is 2.55. The molecule has 18 atom stereocenters. The predicted molar refractivity (Wildman–Crippen MR) is 277 cm³/mol. The maximum absolute atomic E-state index is 11.6. The molecule has 11 rings (SSSR count). The maximum Gasteiger partial charge on any atom is 0.330 e. The second-order valence-electron chi connectivity index (χ2n) is 19.0. The van der Waals surface area contributed by atoms with Crippen molar-refractivity contribution in [2.75, 3.05) is 33.0 Å². The van der Waals surface area contributed by atoms with Crippen LogP contribution in [0.3, 0.4) is 0 Å². The molecule has 18 unspecified atom stereocenters. The van der Waals surface area contributed by atoms with Crippen LogP contribution in [0.2, 0.25) is 0 Å². The average Bonchev–Trinajstić information content (AvgIpc) is 3.15. The lowest BCUT2D eigenvalue weighted by molar-refractivity contribution is -0.133. The van der Waals surface area contributed by atoms with E-state index in [9.17, 15) is 63.6 Å². The Hall–Kier alpha value is -8.25. The van der Waals surface area contributed by atoms with E-state index in [0.717, 1.165) is 33.7 Å². The molecule has 85 heavy (non-hydrogen) atoms. The van der Waals surface area contributed by atoms with Gasteiger partial charge in [-0.25, -0.2) is 19.2 Å². The minimum absolute atomic E-state index is 0.0470. The second kappa shape index (κ2) is 29.0. The molecule has 0 saturated carbocycles. The van der Waals surface area contributed by atoms with Gasteiger partial charge in [0.25, 0.3) is 22.2 Å². The maximum atomic E-state index is 11.6. The van der Waals surface area contributed by atoms with E-state index >= 15 is 0 Å². The van der Waals surface area contributed by atoms with Gasteiger partial charge >= 0.3 is 22.8 Å². The number of carbonyl (C=O) groups is 1. The van der Waals surface area contributed by atoms with Crippen molar-refractivity contribution in [1.29, 1.82) is 0 Å². The Bertz CT molecular complexity index is 3570. The van der Waals surface area contributed by atoms with Crippen molar-refractivity contribution in [3.8, 4) is 0 Å². The normalized spacial score (nSPS) is 32.1. The molecule has 7 aliphatic rings. The molecule has 1 amide bonds. The largest absolute Gasteiger partial charge is 0.394 e. The zero-order chi connectivity index (χ0) is 61.8. The molecule has 0 spiro atoms. The van der Waals surface area contributed by atoms with Crippen LogP contribution in [0.4, 0.5) is 0 Å². The number of aromatic amines is 4. The van der Waals surface area contributed by atoms with Gasteiger partial charge in [0.2, 0.25) is 12.3 Å². The van der Waals surface area contributed by atoms with Gasteiger partial charge in [0.1, 0.15) is 67.5 Å². The van der Waals surface area contributed by atoms with Crippen molar-refractivity contribution in [3.63, 3.8) is 0 Å². The van der Waals surface area contributed by atoms with Gasteiger partial charge in [-0.3, -0.25) is 62.2 Å². The molecule has 4 aromatic heterocycles. The number of nitrogens with one attached hydrogen (secondary N) is 5. The fraction of sp³-hybridized carbons (Fsp3) is 0.578. The highest BCUT2D eigenvalue weighted by molar-refractivity contribution is 5.88. The smallest absolute Gasteiger partial charge is 0.330 e. The molecule has 14 N–H and O–H groups in total. The number of ether oxygens (including phenoxy) is 6. The number of azide groups is 2. The number of aromatic nitrogens is 8. The average molecular weight is 1210 g/mol. The Balaban J connectivity index is 0.000000153. The Morgan fingerprint density at radius 2 is 0.976 bits per heavy atom. The number of rotatable bonds is 11. The first-order valence-electron chi connectivity index (χ1n) is 25.5. The molecule has 462 valence electrons. The van der Waals surface area contributed by atoms with E-state index in [0.29, 0.717) is 12.8 Å². The summed E-state index contributed by atoms with van der Waals surface area (Å²) in [7, 11) is 0. The Morgan fingerprint density at radius 3 is 1.46 bits per heavy atom. The van der Waals surface area contributed by atoms with Gasteiger partial charge in [0, 0.05) is 77.6 Å². The van der Waals surface area contributed by atoms with Crippen molar-refractivity contribution in [3.05, 3.63) is 166 Å². The minimum atomic E-state index is -1.35. The van der Waals surface area contributed by atoms with Crippen molar-refractivity contribution < 1.29 is 79.2 Å². The minimum Gasteiger partial charge on any atom is -0.394 e. The number of fused-ring (bicyclic) bond motifs is 3. The predicted octanol–water partition coefficient (Wildman–Crippen LogP) is -7.99. The third-order valence-corrected chi connectivity index (χ3v) is 13.7. The molecular formula is C45H58N16O24. The Labute approximate surface area is 471 Å². The van der Waals surface area contributed by atoms with Crippen LogP contribution >= 0.6 is 0 Å². The van der Waals surface area contributed by atoms with Crippen molar-refractivity contribution in [1.82, 2.24) is 48.4 Å². The zero-order valence-corrected chi connectivity index (χ0v) is 43.9. The number of H-pyrrole nitrogens is 4. The van der Waals surface area contributed by atoms with E-state index < -0.39 is 156 Å². The fourth-order valence-corrected chi connectivity index (χ4v) is 9.44. The van der Waals surface area contributed by atoms with Gasteiger partial charge in [-0.2, -0.15) is 0 Å². The molecule has 0 aliphatic carbocycles. The summed E-state index contributed by atoms with van der Waals surface area (Å²) in [6.45, 7) is -1.58. The Kier molecular flexibility index (Phi) is 22.0. The molecule has 7 aliphatic heterocycles. The first-order chi connectivity index (χ1) is 40.7. The topological polar surface area (TPSA) is 587 Å². The standard InChI is InChI=1S/C9H11N5O5.C9H11N5O4.C9H12N2O6.C9H12N2O5.C9H12N2O4/c10-13-12-6-7(17)4(3-15)19-8(6)14-2-1-5(16)11-9(14)18;10-13-12-5-3-8(18-6(5)4-15)14-2-1-7(16)11-9(14)17;12-3-4-6(14)7(15)8(17-4)11-2-1-5(13)10-9(11)16;12-3-4-6(14)7-8(15-4)11-2-1-5(13)10-9(11)16-7;12-5-6-1-2-8(15-6)11-4-3-7(13)10-9(11)14/h1-2,4,6-8,15,17H,3H2,(H,11,16,18);1-2,5-6,8,15H,3-4H2,(H,11,16,17);1-2,4,6-8,12,14-15H,3H2,(H,10,13,16);1-2,4,6-9,12,14H,3H2,(H,10,13);3-4,6,8,12H,1-2,5H2,(H,10,13,14). The summed E-state index contributed by atoms with van der Waals surface area (Å²) in [5.41, 5.74) is 12.2. The quantitative estimate of drug-likeness (QED) is 0.0377. The highest BCUT2D eigenvalue weighted by Crippen LogP contribution is 2.36. The highest BCUT2D eigenvalue weighted by atomic mass is 16.6. The SMILES string of the molecule is O=C1C=CN2C(N1)OC1C(O)C(CO)OC12.O=c1ccn(C2CCC(CO)O2)c(=O)[nH]1.O=c1ccn(C2OC(CO)C(O)C2O)c(=O)[nH]1.[N-]=[N+]=NC1C(O)C(CO)OC1n1ccc(=O)[nH]c1=O.[N-]=[N+]=NC1CC(n2ccc(=O)[nH]c2=O)OC1CO.